The summed E-state index contributed by atoms with van der Waals surface area (Å²) < 4.78 is 0. The second kappa shape index (κ2) is 4.58. The van der Waals surface area contributed by atoms with E-state index in [2.05, 4.69) is 5.32 Å². The van der Waals surface area contributed by atoms with E-state index in [0.717, 1.165) is 16.0 Å². The fourth-order valence-corrected chi connectivity index (χ4v) is 3.47. The third-order valence-corrected chi connectivity index (χ3v) is 4.62. The van der Waals surface area contributed by atoms with Gasteiger partial charge in [0.05, 0.1) is 23.6 Å². The van der Waals surface area contributed by atoms with Crippen LogP contribution in [0.4, 0.5) is 0 Å². The van der Waals surface area contributed by atoms with Gasteiger partial charge in [0.25, 0.3) is 11.8 Å². The van der Waals surface area contributed by atoms with Crippen LogP contribution in [0.3, 0.4) is 0 Å². The zero-order valence-electron chi connectivity index (χ0n) is 11.8. The van der Waals surface area contributed by atoms with Crippen molar-refractivity contribution in [1.82, 2.24) is 10.2 Å². The number of benzene rings is 1. The molecule has 1 fully saturated rings. The lowest BCUT2D eigenvalue weighted by molar-refractivity contribution is -0.132. The summed E-state index contributed by atoms with van der Waals surface area (Å²) in [6, 6.07) is 2.71. The number of amides is 2. The highest BCUT2D eigenvalue weighted by molar-refractivity contribution is 6.23. The predicted octanol–water partition coefficient (Wildman–Crippen LogP) is 0.577. The van der Waals surface area contributed by atoms with E-state index >= 15 is 0 Å². The molecule has 3 aliphatic rings. The van der Waals surface area contributed by atoms with Crippen LogP contribution in [0.25, 0.3) is 0 Å². The zero-order chi connectivity index (χ0) is 15.4. The van der Waals surface area contributed by atoms with Crippen molar-refractivity contribution in [2.24, 2.45) is 0 Å². The quantitative estimate of drug-likeness (QED) is 0.605. The molecule has 1 N–H and O–H groups in total. The molecule has 0 spiro atoms. The normalized spacial score (nSPS) is 24.0. The molecule has 0 bridgehead atoms. The van der Waals surface area contributed by atoms with E-state index < -0.39 is 17.9 Å². The van der Waals surface area contributed by atoms with Crippen LogP contribution >= 0.6 is 0 Å². The molecule has 1 atom stereocenters. The number of carbonyl (C=O) groups is 4. The molecule has 1 unspecified atom stereocenters. The predicted molar refractivity (Wildman–Crippen MR) is 75.1 cm³/mol. The minimum atomic E-state index is -0.793. The Bertz CT molecular complexity index is 710. The molecule has 0 radical (unpaired) electrons. The number of fused-ring (bicyclic) bond motifs is 2. The van der Waals surface area contributed by atoms with E-state index in [4.69, 9.17) is 0 Å². The van der Waals surface area contributed by atoms with E-state index in [1.165, 1.54) is 0 Å². The van der Waals surface area contributed by atoms with Crippen molar-refractivity contribution in [2.75, 3.05) is 0 Å². The second-order valence-electron chi connectivity index (χ2n) is 5.99. The number of rotatable bonds is 1. The van der Waals surface area contributed by atoms with Crippen LogP contribution in [-0.2, 0) is 22.7 Å². The standard InChI is InChI=1S/C16H14N2O4/c19-10-1-2-13(14(20)5-10)18-15(21)11-3-8-6-17-7-9(8)4-12(11)16(18)22/h3-4,13,17H,1-2,5-7H2. The van der Waals surface area contributed by atoms with E-state index in [0.29, 0.717) is 24.2 Å². The minimum Gasteiger partial charge on any atom is -0.309 e. The lowest BCUT2D eigenvalue weighted by atomic mass is 9.92. The zero-order valence-corrected chi connectivity index (χ0v) is 11.8. The molecule has 1 saturated carbocycles. The highest BCUT2D eigenvalue weighted by Crippen LogP contribution is 2.32. The van der Waals surface area contributed by atoms with Crippen molar-refractivity contribution >= 4 is 23.4 Å². The molecule has 2 amide bonds. The summed E-state index contributed by atoms with van der Waals surface area (Å²) in [4.78, 5) is 49.6. The molecule has 4 rings (SSSR count). The van der Waals surface area contributed by atoms with Gasteiger partial charge in [-0.1, -0.05) is 0 Å². The Morgan fingerprint density at radius 3 is 2.09 bits per heavy atom. The number of nitrogens with zero attached hydrogens (tertiary/aromatic N) is 1. The second-order valence-corrected chi connectivity index (χ2v) is 5.99. The molecule has 22 heavy (non-hydrogen) atoms. The Kier molecular flexibility index (Phi) is 2.77. The minimum absolute atomic E-state index is 0.122. The number of hydrogen-bond donors (Lipinski definition) is 1. The average Bonchev–Trinajstić information content (AvgIpc) is 3.03. The van der Waals surface area contributed by atoms with Crippen LogP contribution in [0.5, 0.6) is 0 Å². The molecule has 0 aromatic heterocycles. The highest BCUT2D eigenvalue weighted by Gasteiger charge is 2.44. The van der Waals surface area contributed by atoms with Gasteiger partial charge in [0, 0.05) is 19.5 Å². The summed E-state index contributed by atoms with van der Waals surface area (Å²) in [5.74, 6) is -1.28. The molecule has 6 nitrogen and oxygen atoms in total. The lowest BCUT2D eigenvalue weighted by Gasteiger charge is -2.27. The monoisotopic (exact) mass is 298 g/mol. The van der Waals surface area contributed by atoms with E-state index in [1.54, 1.807) is 12.1 Å². The summed E-state index contributed by atoms with van der Waals surface area (Å²) in [5, 5.41) is 3.18. The van der Waals surface area contributed by atoms with Gasteiger partial charge in [0.1, 0.15) is 5.78 Å². The number of imide groups is 1. The van der Waals surface area contributed by atoms with Gasteiger partial charge in [-0.15, -0.1) is 0 Å². The Morgan fingerprint density at radius 1 is 0.955 bits per heavy atom. The fraction of sp³-hybridized carbons (Fsp3) is 0.375. The first-order chi connectivity index (χ1) is 10.6. The Labute approximate surface area is 126 Å². The fourth-order valence-electron chi connectivity index (χ4n) is 3.47. The van der Waals surface area contributed by atoms with Crippen molar-refractivity contribution in [2.45, 2.75) is 38.4 Å². The molecule has 1 aromatic rings. The van der Waals surface area contributed by atoms with Crippen LogP contribution < -0.4 is 5.32 Å². The molecule has 1 aromatic carbocycles. The van der Waals surface area contributed by atoms with Crippen LogP contribution in [0.1, 0.15) is 51.1 Å². The van der Waals surface area contributed by atoms with E-state index in [-0.39, 0.29) is 30.8 Å². The Hall–Kier alpha value is -2.34. The number of hydrogen-bond acceptors (Lipinski definition) is 5. The molecule has 2 heterocycles. The summed E-state index contributed by atoms with van der Waals surface area (Å²) in [6.45, 7) is 1.36. The highest BCUT2D eigenvalue weighted by atomic mass is 16.2. The van der Waals surface area contributed by atoms with Gasteiger partial charge in [-0.25, -0.2) is 0 Å². The summed E-state index contributed by atoms with van der Waals surface area (Å²) in [6.07, 6.45) is 0.299. The maximum atomic E-state index is 12.6. The largest absolute Gasteiger partial charge is 0.309 e. The summed E-state index contributed by atoms with van der Waals surface area (Å²) in [5.41, 5.74) is 2.79. The van der Waals surface area contributed by atoms with Gasteiger partial charge in [-0.3, -0.25) is 24.1 Å². The molecule has 112 valence electrons. The maximum absolute atomic E-state index is 12.6. The number of nitrogens with one attached hydrogen (secondary N) is 1. The van der Waals surface area contributed by atoms with Crippen molar-refractivity contribution < 1.29 is 19.2 Å². The number of carbonyl (C=O) groups excluding carboxylic acids is 4. The summed E-state index contributed by atoms with van der Waals surface area (Å²) in [7, 11) is 0. The molecule has 1 aliphatic carbocycles. The van der Waals surface area contributed by atoms with Crippen molar-refractivity contribution in [1.29, 1.82) is 0 Å². The van der Waals surface area contributed by atoms with Crippen molar-refractivity contribution in [3.8, 4) is 0 Å². The number of Topliss-reactive ketones (excluding diaryl/α,β-unsaturated/α-hetero) is 2. The Morgan fingerprint density at radius 2 is 1.55 bits per heavy atom. The first kappa shape index (κ1) is 13.3. The Balaban J connectivity index is 1.72. The SMILES string of the molecule is O=C1CCC(N2C(=O)c3cc4c(cc3C2=O)CNC4)C(=O)C1. The third-order valence-electron chi connectivity index (χ3n) is 4.62. The van der Waals surface area contributed by atoms with Crippen molar-refractivity contribution in [3.63, 3.8) is 0 Å². The smallest absolute Gasteiger partial charge is 0.262 e. The third kappa shape index (κ3) is 1.77. The van der Waals surface area contributed by atoms with Crippen LogP contribution in [0.15, 0.2) is 12.1 Å². The molecular weight excluding hydrogens is 284 g/mol. The van der Waals surface area contributed by atoms with Gasteiger partial charge in [-0.2, -0.15) is 0 Å². The van der Waals surface area contributed by atoms with Gasteiger partial charge in [0.2, 0.25) is 0 Å². The summed E-state index contributed by atoms with van der Waals surface area (Å²) >= 11 is 0. The molecular formula is C16H14N2O4. The van der Waals surface area contributed by atoms with E-state index in [1.807, 2.05) is 0 Å². The lowest BCUT2D eigenvalue weighted by Crippen LogP contribution is -2.47. The molecule has 6 heteroatoms. The van der Waals surface area contributed by atoms with Crippen LogP contribution in [0.2, 0.25) is 0 Å². The van der Waals surface area contributed by atoms with Gasteiger partial charge >= 0.3 is 0 Å². The average molecular weight is 298 g/mol. The van der Waals surface area contributed by atoms with E-state index in [9.17, 15) is 19.2 Å². The van der Waals surface area contributed by atoms with Gasteiger partial charge < -0.3 is 5.32 Å². The molecule has 2 aliphatic heterocycles. The first-order valence-corrected chi connectivity index (χ1v) is 7.35. The number of ketones is 2. The maximum Gasteiger partial charge on any atom is 0.262 e. The topological polar surface area (TPSA) is 83.6 Å². The van der Waals surface area contributed by atoms with Crippen molar-refractivity contribution in [3.05, 3.63) is 34.4 Å². The van der Waals surface area contributed by atoms with Gasteiger partial charge in [0.15, 0.2) is 5.78 Å². The van der Waals surface area contributed by atoms with Crippen LogP contribution in [-0.4, -0.2) is 34.3 Å². The first-order valence-electron chi connectivity index (χ1n) is 7.35. The van der Waals surface area contributed by atoms with Crippen LogP contribution in [0, 0.1) is 0 Å². The molecule has 0 saturated heterocycles. The van der Waals surface area contributed by atoms with Gasteiger partial charge in [-0.05, 0) is 29.7 Å².